The van der Waals surface area contributed by atoms with Gasteiger partial charge in [0.15, 0.2) is 17.7 Å². The maximum atomic E-state index is 13.6. The Morgan fingerprint density at radius 1 is 1.03 bits per heavy atom. The monoisotopic (exact) mass is 516 g/mol. The lowest BCUT2D eigenvalue weighted by atomic mass is 9.72. The Morgan fingerprint density at radius 2 is 1.82 bits per heavy atom. The maximum Gasteiger partial charge on any atom is 0.337 e. The number of H-pyrrole nitrogens is 2. The summed E-state index contributed by atoms with van der Waals surface area (Å²) in [6.45, 7) is 1.90. The molecule has 34 heavy (non-hydrogen) atoms. The minimum atomic E-state index is -0.475. The normalized spacial score (nSPS) is 20.0. The van der Waals surface area contributed by atoms with Crippen molar-refractivity contribution < 1.29 is 19.6 Å². The van der Waals surface area contributed by atoms with Crippen LogP contribution in [0, 0.1) is 0 Å². The predicted molar refractivity (Wildman–Crippen MR) is 131 cm³/mol. The maximum absolute atomic E-state index is 13.6. The summed E-state index contributed by atoms with van der Waals surface area (Å²) in [5.74, 6) is 0.0226. The zero-order chi connectivity index (χ0) is 23.7. The molecule has 0 radical (unpaired) electrons. The molecule has 2 unspecified atom stereocenters. The van der Waals surface area contributed by atoms with Crippen LogP contribution in [0.3, 0.4) is 0 Å². The molecule has 0 fully saturated rings. The summed E-state index contributed by atoms with van der Waals surface area (Å²) in [6, 6.07) is 19.5. The van der Waals surface area contributed by atoms with E-state index in [1.807, 2.05) is 55.6 Å². The van der Waals surface area contributed by atoms with Crippen molar-refractivity contribution in [1.29, 1.82) is 0 Å². The highest BCUT2D eigenvalue weighted by atomic mass is 79.9. The van der Waals surface area contributed by atoms with E-state index >= 15 is 0 Å². The Balaban J connectivity index is 1.54. The van der Waals surface area contributed by atoms with Crippen molar-refractivity contribution in [2.45, 2.75) is 31.6 Å². The predicted octanol–water partition coefficient (Wildman–Crippen LogP) is 4.08. The zero-order valence-corrected chi connectivity index (χ0v) is 20.3. The van der Waals surface area contributed by atoms with E-state index in [-0.39, 0.29) is 17.6 Å². The van der Waals surface area contributed by atoms with Gasteiger partial charge in [-0.05, 0) is 46.8 Å². The zero-order valence-electron chi connectivity index (χ0n) is 18.7. The van der Waals surface area contributed by atoms with Crippen molar-refractivity contribution >= 4 is 33.4 Å². The molecule has 2 aromatic heterocycles. The van der Waals surface area contributed by atoms with Gasteiger partial charge in [0.25, 0.3) is 5.82 Å². The minimum Gasteiger partial charge on any atom is -0.362 e. The number of benzene rings is 1. The van der Waals surface area contributed by atoms with Gasteiger partial charge in [0, 0.05) is 41.6 Å². The fourth-order valence-electron chi connectivity index (χ4n) is 4.87. The number of amides is 1. The average molecular weight is 517 g/mol. The Labute approximate surface area is 206 Å². The van der Waals surface area contributed by atoms with E-state index in [0.717, 1.165) is 33.5 Å². The molecule has 170 valence electrons. The van der Waals surface area contributed by atoms with E-state index in [4.69, 9.17) is 0 Å². The van der Waals surface area contributed by atoms with Gasteiger partial charge in [-0.25, -0.2) is 20.1 Å². The second-order valence-corrected chi connectivity index (χ2v) is 9.54. The Hall–Kier alpha value is -3.58. The van der Waals surface area contributed by atoms with Crippen molar-refractivity contribution in [1.82, 2.24) is 5.32 Å². The Kier molecular flexibility index (Phi) is 6.11. The van der Waals surface area contributed by atoms with E-state index in [0.29, 0.717) is 23.4 Å². The lowest BCUT2D eigenvalue weighted by Crippen LogP contribution is -2.39. The van der Waals surface area contributed by atoms with Crippen LogP contribution in [0.5, 0.6) is 0 Å². The number of hydrogen-bond donors (Lipinski definition) is 2. The van der Waals surface area contributed by atoms with Crippen molar-refractivity contribution in [2.24, 2.45) is 0 Å². The molecule has 6 nitrogen and oxygen atoms in total. The summed E-state index contributed by atoms with van der Waals surface area (Å²) in [5, 5.41) is 6.37. The third kappa shape index (κ3) is 4.31. The molecule has 0 saturated heterocycles. The molecule has 0 spiro atoms. The first kappa shape index (κ1) is 22.2. The van der Waals surface area contributed by atoms with Gasteiger partial charge in [-0.15, -0.1) is 0 Å². The number of nitrogens with one attached hydrogen (secondary N) is 4. The molecule has 1 aromatic carbocycles. The first-order valence-corrected chi connectivity index (χ1v) is 12.0. The highest BCUT2D eigenvalue weighted by Crippen LogP contribution is 2.44. The first-order chi connectivity index (χ1) is 16.5. The van der Waals surface area contributed by atoms with Crippen LogP contribution in [-0.2, 0) is 9.59 Å². The number of halogens is 1. The van der Waals surface area contributed by atoms with Crippen LogP contribution < -0.4 is 20.6 Å². The van der Waals surface area contributed by atoms with Crippen LogP contribution in [0.1, 0.15) is 42.9 Å². The number of aromatic amines is 2. The molecule has 1 aliphatic carbocycles. The van der Waals surface area contributed by atoms with Gasteiger partial charge in [0.2, 0.25) is 0 Å². The van der Waals surface area contributed by atoms with Crippen LogP contribution in [0.25, 0.3) is 0 Å². The number of carbonyl (C=O) groups is 2. The van der Waals surface area contributed by atoms with E-state index in [9.17, 15) is 9.59 Å². The largest absolute Gasteiger partial charge is 0.362 e. The summed E-state index contributed by atoms with van der Waals surface area (Å²) in [5.41, 5.74) is 4.82. The van der Waals surface area contributed by atoms with Crippen molar-refractivity contribution in [3.8, 4) is 0 Å². The Bertz CT molecular complexity index is 1300. The fraction of sp³-hybridized carbons (Fsp3) is 0.185. The van der Waals surface area contributed by atoms with E-state index in [2.05, 4.69) is 48.7 Å². The minimum absolute atomic E-state index is 0.0675. The van der Waals surface area contributed by atoms with Crippen LogP contribution in [-0.4, -0.2) is 11.7 Å². The Morgan fingerprint density at radius 3 is 2.53 bits per heavy atom. The van der Waals surface area contributed by atoms with Crippen LogP contribution >= 0.6 is 15.9 Å². The topological polar surface area (TPSA) is 86.5 Å². The van der Waals surface area contributed by atoms with Crippen LogP contribution in [0.15, 0.2) is 100 Å². The number of anilines is 1. The summed E-state index contributed by atoms with van der Waals surface area (Å²) >= 11 is 3.39. The molecule has 2 aliphatic rings. The molecule has 3 heterocycles. The highest BCUT2D eigenvalue weighted by Gasteiger charge is 2.44. The lowest BCUT2D eigenvalue weighted by molar-refractivity contribution is -0.391. The third-order valence-electron chi connectivity index (χ3n) is 6.41. The molecule has 4 N–H and O–H groups in total. The van der Waals surface area contributed by atoms with Gasteiger partial charge in [-0.3, -0.25) is 4.79 Å². The SMILES string of the molecule is CC1=C(C(=O)Nc2ccc(Br)c[nH+]2)C(c2cccc[nH+]2)C2=C(CC(c3ccccc3)CC2=O)N1. The number of ketones is 1. The molecule has 1 aliphatic heterocycles. The van der Waals surface area contributed by atoms with E-state index in [1.165, 1.54) is 0 Å². The van der Waals surface area contributed by atoms with Gasteiger partial charge >= 0.3 is 5.91 Å². The molecule has 3 aromatic rings. The molecule has 7 heteroatoms. The smallest absolute Gasteiger partial charge is 0.337 e. The molecule has 0 saturated carbocycles. The van der Waals surface area contributed by atoms with E-state index < -0.39 is 5.92 Å². The number of dihydropyridines is 1. The quantitative estimate of drug-likeness (QED) is 0.547. The van der Waals surface area contributed by atoms with Crippen LogP contribution in [0.2, 0.25) is 0 Å². The second-order valence-electron chi connectivity index (χ2n) is 8.62. The molecular weight excluding hydrogens is 492 g/mol. The number of Topliss-reactive ketones (excluding diaryl/α,β-unsaturated/α-hetero) is 1. The number of hydrogen-bond acceptors (Lipinski definition) is 3. The van der Waals surface area contributed by atoms with Gasteiger partial charge in [0.1, 0.15) is 12.1 Å². The number of rotatable bonds is 4. The van der Waals surface area contributed by atoms with Gasteiger partial charge in [-0.1, -0.05) is 36.4 Å². The standard InChI is InChI=1S/C27H23BrN4O2/c1-16-24(27(34)32-23-11-10-19(28)15-30-23)26(20-9-5-6-12-29-20)25-21(31-16)13-18(14-22(25)33)17-7-3-2-4-8-17/h2-12,15,18,26,31H,13-14H2,1H3,(H,30,32,34)/p+2. The number of allylic oxidation sites excluding steroid dienone is 3. The summed E-state index contributed by atoms with van der Waals surface area (Å²) in [4.78, 5) is 33.4. The molecule has 1 amide bonds. The van der Waals surface area contributed by atoms with Crippen molar-refractivity contribution in [2.75, 3.05) is 5.32 Å². The van der Waals surface area contributed by atoms with Gasteiger partial charge < -0.3 is 5.32 Å². The molecule has 5 rings (SSSR count). The third-order valence-corrected chi connectivity index (χ3v) is 6.90. The molecular formula is C27H25BrN4O2+2. The average Bonchev–Trinajstić information content (AvgIpc) is 2.85. The molecule has 0 bridgehead atoms. The number of pyridine rings is 2. The molecule has 2 atom stereocenters. The van der Waals surface area contributed by atoms with Gasteiger partial charge in [0.05, 0.1) is 10.0 Å². The van der Waals surface area contributed by atoms with Crippen LogP contribution in [0.4, 0.5) is 5.82 Å². The van der Waals surface area contributed by atoms with Crippen molar-refractivity contribution in [3.05, 3.63) is 111 Å². The summed E-state index contributed by atoms with van der Waals surface area (Å²) in [7, 11) is 0. The summed E-state index contributed by atoms with van der Waals surface area (Å²) < 4.78 is 0.882. The highest BCUT2D eigenvalue weighted by molar-refractivity contribution is 9.10. The lowest BCUT2D eigenvalue weighted by Gasteiger charge is -2.34. The summed E-state index contributed by atoms with van der Waals surface area (Å²) in [6.07, 6.45) is 4.72. The number of carbonyl (C=O) groups excluding carboxylic acids is 2. The second kappa shape index (κ2) is 9.35. The van der Waals surface area contributed by atoms with Gasteiger partial charge in [-0.2, -0.15) is 0 Å². The van der Waals surface area contributed by atoms with Crippen molar-refractivity contribution in [3.63, 3.8) is 0 Å². The fourth-order valence-corrected chi connectivity index (χ4v) is 5.12. The number of aromatic nitrogens is 2. The first-order valence-electron chi connectivity index (χ1n) is 11.3. The van der Waals surface area contributed by atoms with E-state index in [1.54, 1.807) is 12.3 Å².